The number of esters is 1. The topological polar surface area (TPSA) is 112 Å². The quantitative estimate of drug-likeness (QED) is 0.561. The second-order valence-corrected chi connectivity index (χ2v) is 11.1. The summed E-state index contributed by atoms with van der Waals surface area (Å²) >= 11 is 0. The van der Waals surface area contributed by atoms with Crippen LogP contribution in [0.2, 0.25) is 0 Å². The summed E-state index contributed by atoms with van der Waals surface area (Å²) in [4.78, 5) is 25.7. The van der Waals surface area contributed by atoms with E-state index in [0.717, 1.165) is 24.0 Å². The molecule has 1 saturated carbocycles. The third-order valence-electron chi connectivity index (χ3n) is 7.08. The number of hydrogen-bond donors (Lipinski definition) is 1. The molecule has 1 aromatic heterocycles. The van der Waals surface area contributed by atoms with Gasteiger partial charge in [-0.1, -0.05) is 23.8 Å². The van der Waals surface area contributed by atoms with Crippen molar-refractivity contribution in [3.05, 3.63) is 75.7 Å². The molecule has 0 bridgehead atoms. The van der Waals surface area contributed by atoms with Gasteiger partial charge in [0.1, 0.15) is 0 Å². The molecule has 2 aliphatic rings. The van der Waals surface area contributed by atoms with Gasteiger partial charge in [-0.25, -0.2) is 13.2 Å². The smallest absolute Gasteiger partial charge is 0.340 e. The summed E-state index contributed by atoms with van der Waals surface area (Å²) in [6.07, 6.45) is 3.61. The standard InChI is InChI=1S/C25H27N3O5S/c1-16-6-7-18(17(2)14-16)24(30)33-15-27-12-8-19-20(23(27)29)4-3-5-21(19)34(31,32)28-13-9-22(26)25(28)10-11-25/h3-8,12,14,22H,9-11,13,15,26H2,1-2H3/t22-/m0/s1. The summed E-state index contributed by atoms with van der Waals surface area (Å²) in [6.45, 7) is 3.87. The van der Waals surface area contributed by atoms with E-state index in [9.17, 15) is 18.0 Å². The van der Waals surface area contributed by atoms with Gasteiger partial charge in [-0.3, -0.25) is 9.36 Å². The largest absolute Gasteiger partial charge is 0.440 e. The average molecular weight is 482 g/mol. The SMILES string of the molecule is Cc1ccc(C(=O)OCn2ccc3c(S(=O)(=O)N4CC[C@H](N)C45CC5)cccc3c2=O)c(C)c1. The first-order valence-electron chi connectivity index (χ1n) is 11.3. The Morgan fingerprint density at radius 1 is 1.15 bits per heavy atom. The van der Waals surface area contributed by atoms with Crippen LogP contribution in [0.25, 0.3) is 10.8 Å². The molecule has 2 heterocycles. The second-order valence-electron chi connectivity index (χ2n) is 9.26. The van der Waals surface area contributed by atoms with E-state index in [1.165, 1.54) is 21.1 Å². The van der Waals surface area contributed by atoms with E-state index in [4.69, 9.17) is 10.5 Å². The Bertz CT molecular complexity index is 1470. The van der Waals surface area contributed by atoms with E-state index < -0.39 is 27.1 Å². The van der Waals surface area contributed by atoms with Crippen LogP contribution in [0.5, 0.6) is 0 Å². The van der Waals surface area contributed by atoms with Gasteiger partial charge in [0.2, 0.25) is 10.0 Å². The molecule has 2 N–H and O–H groups in total. The molecular formula is C25H27N3O5S. The van der Waals surface area contributed by atoms with E-state index in [2.05, 4.69) is 0 Å². The lowest BCUT2D eigenvalue weighted by Crippen LogP contribution is -2.44. The number of aromatic nitrogens is 1. The van der Waals surface area contributed by atoms with Crippen LogP contribution in [0.4, 0.5) is 0 Å². The fourth-order valence-electron chi connectivity index (χ4n) is 5.02. The number of sulfonamides is 1. The van der Waals surface area contributed by atoms with Crippen molar-refractivity contribution in [3.8, 4) is 0 Å². The van der Waals surface area contributed by atoms with Crippen molar-refractivity contribution in [1.82, 2.24) is 8.87 Å². The lowest BCUT2D eigenvalue weighted by molar-refractivity contribution is 0.0366. The number of carbonyl (C=O) groups excluding carboxylic acids is 1. The highest BCUT2D eigenvalue weighted by molar-refractivity contribution is 7.89. The molecular weight excluding hydrogens is 454 g/mol. The lowest BCUT2D eigenvalue weighted by atomic mass is 10.1. The highest BCUT2D eigenvalue weighted by Crippen LogP contribution is 2.51. The molecule has 1 atom stereocenters. The lowest BCUT2D eigenvalue weighted by Gasteiger charge is -2.26. The van der Waals surface area contributed by atoms with Crippen LogP contribution in [-0.4, -0.2) is 41.4 Å². The molecule has 1 spiro atoms. The van der Waals surface area contributed by atoms with E-state index in [-0.39, 0.29) is 23.1 Å². The fraction of sp³-hybridized carbons (Fsp3) is 0.360. The van der Waals surface area contributed by atoms with Crippen molar-refractivity contribution in [2.75, 3.05) is 6.54 Å². The number of carbonyl (C=O) groups is 1. The van der Waals surface area contributed by atoms with Gasteiger partial charge in [-0.05, 0) is 62.9 Å². The van der Waals surface area contributed by atoms with Crippen LogP contribution >= 0.6 is 0 Å². The molecule has 1 aliphatic carbocycles. The number of pyridine rings is 1. The molecule has 1 saturated heterocycles. The molecule has 2 fully saturated rings. The first kappa shape index (κ1) is 22.8. The van der Waals surface area contributed by atoms with Gasteiger partial charge in [0.15, 0.2) is 6.73 Å². The first-order chi connectivity index (χ1) is 16.1. The second kappa shape index (κ2) is 8.04. The van der Waals surface area contributed by atoms with Crippen LogP contribution in [0.1, 0.15) is 40.7 Å². The normalized spacial score (nSPS) is 19.6. The van der Waals surface area contributed by atoms with Crippen molar-refractivity contribution in [3.63, 3.8) is 0 Å². The summed E-state index contributed by atoms with van der Waals surface area (Å²) in [5, 5.41) is 0.597. The molecule has 34 heavy (non-hydrogen) atoms. The fourth-order valence-corrected chi connectivity index (χ4v) is 7.11. The number of benzene rings is 2. The van der Waals surface area contributed by atoms with Crippen molar-refractivity contribution in [1.29, 1.82) is 0 Å². The Hall–Kier alpha value is -3.01. The highest BCUT2D eigenvalue weighted by Gasteiger charge is 2.60. The highest BCUT2D eigenvalue weighted by atomic mass is 32.2. The van der Waals surface area contributed by atoms with Gasteiger partial charge in [-0.2, -0.15) is 4.31 Å². The maximum absolute atomic E-state index is 13.6. The molecule has 9 heteroatoms. The molecule has 5 rings (SSSR count). The Morgan fingerprint density at radius 3 is 2.62 bits per heavy atom. The Kier molecular flexibility index (Phi) is 5.38. The van der Waals surface area contributed by atoms with Crippen molar-refractivity contribution < 1.29 is 17.9 Å². The van der Waals surface area contributed by atoms with Crippen LogP contribution in [-0.2, 0) is 21.5 Å². The number of fused-ring (bicyclic) bond motifs is 1. The van der Waals surface area contributed by atoms with Crippen LogP contribution in [0.3, 0.4) is 0 Å². The average Bonchev–Trinajstić information content (AvgIpc) is 3.52. The number of nitrogens with zero attached hydrogens (tertiary/aromatic N) is 2. The molecule has 2 aromatic carbocycles. The number of hydrogen-bond acceptors (Lipinski definition) is 6. The van der Waals surface area contributed by atoms with Crippen LogP contribution in [0.15, 0.2) is 58.4 Å². The predicted octanol–water partition coefficient (Wildman–Crippen LogP) is 2.69. The van der Waals surface area contributed by atoms with Gasteiger partial charge in [0.25, 0.3) is 5.56 Å². The summed E-state index contributed by atoms with van der Waals surface area (Å²) in [6, 6.07) is 11.5. The molecule has 3 aromatic rings. The van der Waals surface area contributed by atoms with E-state index in [1.807, 2.05) is 26.0 Å². The Balaban J connectivity index is 1.45. The van der Waals surface area contributed by atoms with Crippen molar-refractivity contribution >= 4 is 26.8 Å². The van der Waals surface area contributed by atoms with Crippen LogP contribution < -0.4 is 11.3 Å². The minimum Gasteiger partial charge on any atom is -0.440 e. The molecule has 0 unspecified atom stereocenters. The Morgan fingerprint density at radius 2 is 1.91 bits per heavy atom. The van der Waals surface area contributed by atoms with E-state index >= 15 is 0 Å². The molecule has 0 amide bonds. The van der Waals surface area contributed by atoms with E-state index in [1.54, 1.807) is 24.3 Å². The van der Waals surface area contributed by atoms with Gasteiger partial charge in [0.05, 0.1) is 16.0 Å². The van der Waals surface area contributed by atoms with Crippen LogP contribution in [0, 0.1) is 13.8 Å². The summed E-state index contributed by atoms with van der Waals surface area (Å²) in [5.74, 6) is -0.527. The van der Waals surface area contributed by atoms with Crippen molar-refractivity contribution in [2.24, 2.45) is 5.73 Å². The number of aryl methyl sites for hydroxylation is 2. The van der Waals surface area contributed by atoms with Gasteiger partial charge in [-0.15, -0.1) is 0 Å². The minimum absolute atomic E-state index is 0.0990. The van der Waals surface area contributed by atoms with Gasteiger partial charge < -0.3 is 10.5 Å². The maximum atomic E-state index is 13.6. The third kappa shape index (κ3) is 3.55. The summed E-state index contributed by atoms with van der Waals surface area (Å²) in [5.41, 5.74) is 7.56. The predicted molar refractivity (Wildman–Crippen MR) is 128 cm³/mol. The molecule has 1 aliphatic heterocycles. The zero-order chi connectivity index (χ0) is 24.3. The molecule has 178 valence electrons. The zero-order valence-electron chi connectivity index (χ0n) is 19.2. The summed E-state index contributed by atoms with van der Waals surface area (Å²) in [7, 11) is -3.82. The number of rotatable bonds is 5. The third-order valence-corrected chi connectivity index (χ3v) is 9.11. The molecule has 8 nitrogen and oxygen atoms in total. The maximum Gasteiger partial charge on any atom is 0.340 e. The van der Waals surface area contributed by atoms with E-state index in [0.29, 0.717) is 23.9 Å². The number of nitrogens with two attached hydrogens (primary N) is 1. The van der Waals surface area contributed by atoms with Gasteiger partial charge >= 0.3 is 5.97 Å². The van der Waals surface area contributed by atoms with Crippen molar-refractivity contribution in [2.45, 2.75) is 56.3 Å². The Labute approximate surface area is 198 Å². The zero-order valence-corrected chi connectivity index (χ0v) is 20.0. The number of ether oxygens (including phenoxy) is 1. The summed E-state index contributed by atoms with van der Waals surface area (Å²) < 4.78 is 35.3. The minimum atomic E-state index is -3.82. The first-order valence-corrected chi connectivity index (χ1v) is 12.7. The monoisotopic (exact) mass is 481 g/mol. The molecule has 0 radical (unpaired) electrons. The van der Waals surface area contributed by atoms with Gasteiger partial charge in [0, 0.05) is 29.6 Å².